The first-order chi connectivity index (χ1) is 20.8. The van der Waals surface area contributed by atoms with E-state index in [-0.39, 0.29) is 75.9 Å². The standard InChI is InChI=1S/C39H54O5/c1-36-15-13-29-25(27(36)9-11-33(36)42)7-5-21-17-23(40)19-31(38(21,29)3)35(44)32-20-24(41)18-22-6-8-26-28-10-12-34(43)37(28,2)16-14-30(26)39(22,32)4/h17-18,25-34,42-43H,5-16,19-20H2,1-4H3/t25-,26-,27-,28-,29-,30-,31?,32?,33-,34-,36-,37-,38-,39-/m0/s1. The molecule has 0 aromatic rings. The maximum absolute atomic E-state index is 15.4. The predicted molar refractivity (Wildman–Crippen MR) is 168 cm³/mol. The molecule has 0 saturated heterocycles. The zero-order chi connectivity index (χ0) is 31.0. The van der Waals surface area contributed by atoms with Gasteiger partial charge in [-0.25, -0.2) is 0 Å². The fourth-order valence-corrected chi connectivity index (χ4v) is 14.3. The summed E-state index contributed by atoms with van der Waals surface area (Å²) in [5.74, 6) is 2.17. The Bertz CT molecular complexity index is 1260. The topological polar surface area (TPSA) is 91.7 Å². The number of ketones is 3. The summed E-state index contributed by atoms with van der Waals surface area (Å²) in [4.78, 5) is 42.1. The molecule has 0 bridgehead atoms. The van der Waals surface area contributed by atoms with Gasteiger partial charge in [-0.15, -0.1) is 0 Å². The molecule has 5 nitrogen and oxygen atoms in total. The molecule has 8 aliphatic carbocycles. The van der Waals surface area contributed by atoms with Gasteiger partial charge in [0, 0.05) is 35.5 Å². The number of carbonyl (C=O) groups is 3. The van der Waals surface area contributed by atoms with Gasteiger partial charge in [0.05, 0.1) is 12.2 Å². The fraction of sp³-hybridized carbons (Fsp3) is 0.821. The lowest BCUT2D eigenvalue weighted by atomic mass is 9.42. The predicted octanol–water partition coefficient (Wildman–Crippen LogP) is 6.79. The van der Waals surface area contributed by atoms with Crippen molar-refractivity contribution in [2.45, 2.75) is 130 Å². The summed E-state index contributed by atoms with van der Waals surface area (Å²) in [5.41, 5.74) is 1.58. The maximum Gasteiger partial charge on any atom is 0.156 e. The zero-order valence-electron chi connectivity index (χ0n) is 27.4. The molecule has 2 unspecified atom stereocenters. The van der Waals surface area contributed by atoms with Gasteiger partial charge in [-0.1, -0.05) is 38.8 Å². The number of rotatable bonds is 2. The molecule has 0 spiro atoms. The van der Waals surface area contributed by atoms with Crippen LogP contribution in [0.3, 0.4) is 0 Å². The van der Waals surface area contributed by atoms with Gasteiger partial charge >= 0.3 is 0 Å². The molecule has 0 aromatic carbocycles. The van der Waals surface area contributed by atoms with E-state index in [1.807, 2.05) is 12.2 Å². The first-order valence-electron chi connectivity index (χ1n) is 18.2. The molecule has 240 valence electrons. The van der Waals surface area contributed by atoms with Gasteiger partial charge in [0.15, 0.2) is 11.6 Å². The van der Waals surface area contributed by atoms with Crippen molar-refractivity contribution in [3.63, 3.8) is 0 Å². The molecule has 14 atom stereocenters. The number of aliphatic hydroxyl groups excluding tert-OH is 2. The highest BCUT2D eigenvalue weighted by Crippen LogP contribution is 2.69. The molecule has 0 aromatic heterocycles. The van der Waals surface area contributed by atoms with Crippen molar-refractivity contribution >= 4 is 17.3 Å². The van der Waals surface area contributed by atoms with Crippen LogP contribution in [-0.2, 0) is 14.4 Å². The molecule has 2 N–H and O–H groups in total. The Morgan fingerprint density at radius 2 is 1.02 bits per heavy atom. The number of hydrogen-bond donors (Lipinski definition) is 2. The van der Waals surface area contributed by atoms with Gasteiger partial charge in [-0.2, -0.15) is 0 Å². The van der Waals surface area contributed by atoms with Crippen molar-refractivity contribution in [2.24, 2.45) is 69.0 Å². The van der Waals surface area contributed by atoms with Crippen molar-refractivity contribution in [3.8, 4) is 0 Å². The highest BCUT2D eigenvalue weighted by molar-refractivity contribution is 6.01. The van der Waals surface area contributed by atoms with E-state index in [1.54, 1.807) is 0 Å². The smallest absolute Gasteiger partial charge is 0.156 e. The molecule has 0 radical (unpaired) electrons. The molecule has 5 heteroatoms. The quantitative estimate of drug-likeness (QED) is 0.363. The molecule has 0 amide bonds. The summed E-state index contributed by atoms with van der Waals surface area (Å²) >= 11 is 0. The van der Waals surface area contributed by atoms with Gasteiger partial charge in [0.1, 0.15) is 5.78 Å². The van der Waals surface area contributed by atoms with Crippen molar-refractivity contribution in [2.75, 3.05) is 0 Å². The highest BCUT2D eigenvalue weighted by Gasteiger charge is 2.65. The Morgan fingerprint density at radius 1 is 0.614 bits per heavy atom. The second kappa shape index (κ2) is 9.72. The van der Waals surface area contributed by atoms with Crippen molar-refractivity contribution in [1.29, 1.82) is 0 Å². The number of carbonyl (C=O) groups excluding carboxylic acids is 3. The summed E-state index contributed by atoms with van der Waals surface area (Å²) in [7, 11) is 0. The average Bonchev–Trinajstić information content (AvgIpc) is 3.47. The first-order valence-corrected chi connectivity index (χ1v) is 18.2. The number of Topliss-reactive ketones (excluding diaryl/α,β-unsaturated/α-hetero) is 1. The molecular weight excluding hydrogens is 548 g/mol. The normalized spacial score (nSPS) is 54.6. The van der Waals surface area contributed by atoms with E-state index in [0.29, 0.717) is 35.5 Å². The second-order valence-corrected chi connectivity index (χ2v) is 17.9. The summed E-state index contributed by atoms with van der Waals surface area (Å²) in [6, 6.07) is 0. The third-order valence-electron chi connectivity index (χ3n) is 16.8. The van der Waals surface area contributed by atoms with Gasteiger partial charge < -0.3 is 10.2 Å². The molecule has 8 rings (SSSR count). The minimum atomic E-state index is -0.380. The van der Waals surface area contributed by atoms with E-state index >= 15 is 4.79 Å². The van der Waals surface area contributed by atoms with E-state index in [1.165, 1.54) is 11.1 Å². The van der Waals surface area contributed by atoms with E-state index < -0.39 is 0 Å². The number of hydrogen-bond acceptors (Lipinski definition) is 5. The van der Waals surface area contributed by atoms with Crippen LogP contribution in [0.2, 0.25) is 0 Å². The largest absolute Gasteiger partial charge is 0.393 e. The summed E-state index contributed by atoms with van der Waals surface area (Å²) in [5, 5.41) is 22.0. The summed E-state index contributed by atoms with van der Waals surface area (Å²) < 4.78 is 0. The number of aliphatic hydroxyl groups is 2. The lowest BCUT2D eigenvalue weighted by molar-refractivity contribution is -0.152. The van der Waals surface area contributed by atoms with Gasteiger partial charge in [-0.05, 0) is 136 Å². The lowest BCUT2D eigenvalue weighted by Gasteiger charge is -2.62. The SMILES string of the molecule is C[C@]12CC[C@H]3[C@@H](CCC4=CC(=O)CC(C(=O)C5CC(=O)C=C6CC[C@H]7[C@@H]8CC[C@H](O)[C@@]8(C)CC[C@@H]7[C@]65C)[C@@]43C)[C@@H]1CC[C@@H]2O. The third-order valence-corrected chi connectivity index (χ3v) is 16.8. The van der Waals surface area contributed by atoms with Crippen LogP contribution in [0.4, 0.5) is 0 Å². The number of fused-ring (bicyclic) bond motifs is 10. The maximum atomic E-state index is 15.4. The lowest BCUT2D eigenvalue weighted by Crippen LogP contribution is -2.59. The summed E-state index contributed by atoms with van der Waals surface area (Å²) in [6.45, 7) is 9.23. The van der Waals surface area contributed by atoms with Crippen molar-refractivity contribution in [1.82, 2.24) is 0 Å². The fourth-order valence-electron chi connectivity index (χ4n) is 14.3. The number of allylic oxidation sites excluding steroid dienone is 2. The third kappa shape index (κ3) is 3.69. The minimum absolute atomic E-state index is 0.0356. The minimum Gasteiger partial charge on any atom is -0.393 e. The molecular formula is C39H54O5. The Labute approximate surface area is 263 Å². The molecule has 0 aliphatic heterocycles. The van der Waals surface area contributed by atoms with Crippen LogP contribution in [0.15, 0.2) is 23.3 Å². The van der Waals surface area contributed by atoms with Crippen LogP contribution in [0, 0.1) is 69.0 Å². The van der Waals surface area contributed by atoms with Crippen LogP contribution in [0.25, 0.3) is 0 Å². The highest BCUT2D eigenvalue weighted by atomic mass is 16.3. The molecule has 44 heavy (non-hydrogen) atoms. The van der Waals surface area contributed by atoms with E-state index in [9.17, 15) is 19.8 Å². The van der Waals surface area contributed by atoms with Crippen LogP contribution in [0.1, 0.15) is 118 Å². The van der Waals surface area contributed by atoms with Crippen molar-refractivity contribution in [3.05, 3.63) is 23.3 Å². The monoisotopic (exact) mass is 602 g/mol. The molecule has 8 aliphatic rings. The Hall–Kier alpha value is -1.59. The van der Waals surface area contributed by atoms with E-state index in [2.05, 4.69) is 27.7 Å². The molecule has 0 heterocycles. The van der Waals surface area contributed by atoms with Gasteiger partial charge in [0.25, 0.3) is 0 Å². The Balaban J connectivity index is 1.17. The van der Waals surface area contributed by atoms with Crippen LogP contribution >= 0.6 is 0 Å². The van der Waals surface area contributed by atoms with E-state index in [4.69, 9.17) is 0 Å². The average molecular weight is 603 g/mol. The first kappa shape index (κ1) is 29.8. The second-order valence-electron chi connectivity index (χ2n) is 17.9. The van der Waals surface area contributed by atoms with Gasteiger partial charge in [-0.3, -0.25) is 14.4 Å². The van der Waals surface area contributed by atoms with Crippen molar-refractivity contribution < 1.29 is 24.6 Å². The summed E-state index contributed by atoms with van der Waals surface area (Å²) in [6.07, 6.45) is 15.6. The zero-order valence-corrected chi connectivity index (χ0v) is 27.4. The van der Waals surface area contributed by atoms with Crippen LogP contribution in [-0.4, -0.2) is 39.8 Å². The van der Waals surface area contributed by atoms with Crippen LogP contribution < -0.4 is 0 Å². The Morgan fingerprint density at radius 3 is 1.43 bits per heavy atom. The van der Waals surface area contributed by atoms with Gasteiger partial charge in [0.2, 0.25) is 0 Å². The molecule has 6 fully saturated rings. The van der Waals surface area contributed by atoms with Crippen LogP contribution in [0.5, 0.6) is 0 Å². The van der Waals surface area contributed by atoms with E-state index in [0.717, 1.165) is 77.0 Å². The Kier molecular flexibility index (Phi) is 6.58. The molecule has 6 saturated carbocycles.